The van der Waals surface area contributed by atoms with Crippen molar-refractivity contribution in [2.75, 3.05) is 0 Å². The molecule has 2 nitrogen and oxygen atoms in total. The lowest BCUT2D eigenvalue weighted by Gasteiger charge is -2.12. The molecule has 0 amide bonds. The van der Waals surface area contributed by atoms with E-state index < -0.39 is 0 Å². The van der Waals surface area contributed by atoms with E-state index in [2.05, 4.69) is 0 Å². The summed E-state index contributed by atoms with van der Waals surface area (Å²) in [5, 5.41) is 1.10. The fourth-order valence-corrected chi connectivity index (χ4v) is 3.83. The monoisotopic (exact) mass is 426 g/mol. The smallest absolute Gasteiger partial charge is 0.193 e. The summed E-state index contributed by atoms with van der Waals surface area (Å²) in [5.41, 5.74) is 4.37. The molecule has 1 heterocycles. The molecule has 0 aliphatic rings. The number of rotatable bonds is 3. The van der Waals surface area contributed by atoms with Gasteiger partial charge in [0.2, 0.25) is 0 Å². The zero-order valence-corrected chi connectivity index (χ0v) is 17.1. The Hall–Kier alpha value is -3.69. The van der Waals surface area contributed by atoms with Crippen molar-refractivity contribution in [1.82, 2.24) is 0 Å². The van der Waals surface area contributed by atoms with Gasteiger partial charge < -0.3 is 4.42 Å². The van der Waals surface area contributed by atoms with Crippen molar-refractivity contribution >= 4 is 22.6 Å². The molecule has 5 aromatic rings. The second-order valence-electron chi connectivity index (χ2n) is 7.25. The van der Waals surface area contributed by atoms with Gasteiger partial charge in [0.15, 0.2) is 5.43 Å². The fraction of sp³-hybridized carbons (Fsp3) is 0. The highest BCUT2D eigenvalue weighted by molar-refractivity contribution is 6.30. The van der Waals surface area contributed by atoms with Crippen LogP contribution in [0.5, 0.6) is 0 Å². The Balaban J connectivity index is 1.81. The molecule has 0 radical (unpaired) electrons. The first kappa shape index (κ1) is 19.3. The van der Waals surface area contributed by atoms with Gasteiger partial charge in [0.1, 0.15) is 17.2 Å². The van der Waals surface area contributed by atoms with Gasteiger partial charge in [-0.1, -0.05) is 66.2 Å². The standard InChI is InChI=1S/C27H16ClFO2/c28-21-10-6-17(7-11-21)20-14-23(18-8-12-22(29)13-9-18)27-24(30)16-25(31-26(27)15-20)19-4-2-1-3-5-19/h1-16H. The molecule has 0 bridgehead atoms. The van der Waals surface area contributed by atoms with Crippen molar-refractivity contribution < 1.29 is 8.81 Å². The van der Waals surface area contributed by atoms with E-state index in [1.165, 1.54) is 18.2 Å². The first-order valence-electron chi connectivity index (χ1n) is 9.78. The van der Waals surface area contributed by atoms with Crippen molar-refractivity contribution in [3.63, 3.8) is 0 Å². The maximum atomic E-state index is 13.5. The molecule has 5 rings (SSSR count). The average molecular weight is 427 g/mol. The summed E-state index contributed by atoms with van der Waals surface area (Å²) in [7, 11) is 0. The maximum absolute atomic E-state index is 13.5. The third-order valence-corrected chi connectivity index (χ3v) is 5.47. The quantitative estimate of drug-likeness (QED) is 0.297. The Labute approximate surface area is 183 Å². The minimum absolute atomic E-state index is 0.151. The molecular formula is C27H16ClFO2. The zero-order chi connectivity index (χ0) is 21.4. The summed E-state index contributed by atoms with van der Waals surface area (Å²) < 4.78 is 19.7. The van der Waals surface area contributed by atoms with E-state index in [1.54, 1.807) is 12.1 Å². The van der Waals surface area contributed by atoms with Gasteiger partial charge in [-0.05, 0) is 58.7 Å². The Morgan fingerprint density at radius 2 is 1.35 bits per heavy atom. The molecule has 4 heteroatoms. The SMILES string of the molecule is O=c1cc(-c2ccccc2)oc2cc(-c3ccc(Cl)cc3)cc(-c3ccc(F)cc3)c12. The van der Waals surface area contributed by atoms with E-state index in [1.807, 2.05) is 66.7 Å². The maximum Gasteiger partial charge on any atom is 0.193 e. The molecule has 0 aliphatic carbocycles. The molecule has 0 unspecified atom stereocenters. The number of halogens is 2. The highest BCUT2D eigenvalue weighted by atomic mass is 35.5. The van der Waals surface area contributed by atoms with Crippen LogP contribution in [-0.4, -0.2) is 0 Å². The van der Waals surface area contributed by atoms with Gasteiger partial charge in [0, 0.05) is 16.7 Å². The van der Waals surface area contributed by atoms with Crippen LogP contribution in [0.2, 0.25) is 5.02 Å². The van der Waals surface area contributed by atoms with Crippen molar-refractivity contribution in [2.45, 2.75) is 0 Å². The van der Waals surface area contributed by atoms with Crippen LogP contribution in [0.25, 0.3) is 44.5 Å². The summed E-state index contributed by atoms with van der Waals surface area (Å²) in [6.45, 7) is 0. The predicted octanol–water partition coefficient (Wildman–Crippen LogP) is 7.59. The lowest BCUT2D eigenvalue weighted by molar-refractivity contribution is 0.619. The summed E-state index contributed by atoms with van der Waals surface area (Å²) in [6.07, 6.45) is 0. The fourth-order valence-electron chi connectivity index (χ4n) is 3.70. The van der Waals surface area contributed by atoms with Crippen LogP contribution >= 0.6 is 11.6 Å². The second kappa shape index (κ2) is 7.86. The summed E-state index contributed by atoms with van der Waals surface area (Å²) in [4.78, 5) is 13.2. The Kier molecular flexibility index (Phi) is 4.89. The summed E-state index contributed by atoms with van der Waals surface area (Å²) in [5.74, 6) is 0.164. The van der Waals surface area contributed by atoms with Crippen molar-refractivity contribution in [2.24, 2.45) is 0 Å². The van der Waals surface area contributed by atoms with Gasteiger partial charge in [0.05, 0.1) is 5.39 Å². The molecule has 0 atom stereocenters. The van der Waals surface area contributed by atoms with E-state index in [0.717, 1.165) is 22.3 Å². The topological polar surface area (TPSA) is 30.2 Å². The van der Waals surface area contributed by atoms with Crippen molar-refractivity contribution in [3.8, 4) is 33.6 Å². The molecule has 0 aliphatic heterocycles. The highest BCUT2D eigenvalue weighted by Crippen LogP contribution is 2.34. The Morgan fingerprint density at radius 1 is 0.677 bits per heavy atom. The number of fused-ring (bicyclic) bond motifs is 1. The van der Waals surface area contributed by atoms with Crippen LogP contribution in [0.1, 0.15) is 0 Å². The Bertz CT molecular complexity index is 1440. The van der Waals surface area contributed by atoms with Crippen molar-refractivity contribution in [3.05, 3.63) is 118 Å². The first-order chi connectivity index (χ1) is 15.1. The summed E-state index contributed by atoms with van der Waals surface area (Å²) >= 11 is 6.05. The van der Waals surface area contributed by atoms with Gasteiger partial charge in [0.25, 0.3) is 0 Å². The van der Waals surface area contributed by atoms with Crippen LogP contribution in [0.4, 0.5) is 4.39 Å². The molecular weight excluding hydrogens is 411 g/mol. The Morgan fingerprint density at radius 3 is 2.06 bits per heavy atom. The largest absolute Gasteiger partial charge is 0.456 e. The van der Waals surface area contributed by atoms with Gasteiger partial charge in [-0.25, -0.2) is 4.39 Å². The third-order valence-electron chi connectivity index (χ3n) is 5.22. The molecule has 4 aromatic carbocycles. The van der Waals surface area contributed by atoms with Gasteiger partial charge in [-0.15, -0.1) is 0 Å². The number of benzene rings is 4. The molecule has 0 saturated heterocycles. The molecule has 1 aromatic heterocycles. The van der Waals surface area contributed by atoms with Crippen LogP contribution in [-0.2, 0) is 0 Å². The molecule has 0 fully saturated rings. The predicted molar refractivity (Wildman–Crippen MR) is 124 cm³/mol. The molecule has 150 valence electrons. The van der Waals surface area contributed by atoms with E-state index in [-0.39, 0.29) is 11.2 Å². The molecule has 0 saturated carbocycles. The first-order valence-corrected chi connectivity index (χ1v) is 10.2. The van der Waals surface area contributed by atoms with Crippen molar-refractivity contribution in [1.29, 1.82) is 0 Å². The van der Waals surface area contributed by atoms with Crippen LogP contribution in [0.15, 0.2) is 106 Å². The highest BCUT2D eigenvalue weighted by Gasteiger charge is 2.15. The lowest BCUT2D eigenvalue weighted by atomic mass is 9.95. The van der Waals surface area contributed by atoms with E-state index in [4.69, 9.17) is 16.0 Å². The average Bonchev–Trinajstić information content (AvgIpc) is 2.80. The van der Waals surface area contributed by atoms with E-state index in [9.17, 15) is 9.18 Å². The minimum atomic E-state index is -0.333. The van der Waals surface area contributed by atoms with Crippen LogP contribution < -0.4 is 5.43 Å². The minimum Gasteiger partial charge on any atom is -0.456 e. The summed E-state index contributed by atoms with van der Waals surface area (Å²) in [6, 6.07) is 28.4. The second-order valence-corrected chi connectivity index (χ2v) is 7.69. The molecule has 0 N–H and O–H groups in total. The van der Waals surface area contributed by atoms with E-state index >= 15 is 0 Å². The number of hydrogen-bond acceptors (Lipinski definition) is 2. The van der Waals surface area contributed by atoms with Gasteiger partial charge >= 0.3 is 0 Å². The van der Waals surface area contributed by atoms with E-state index in [0.29, 0.717) is 27.3 Å². The third kappa shape index (κ3) is 3.76. The molecule has 0 spiro atoms. The van der Waals surface area contributed by atoms with Crippen LogP contribution in [0.3, 0.4) is 0 Å². The molecule has 31 heavy (non-hydrogen) atoms. The van der Waals surface area contributed by atoms with Gasteiger partial charge in [-0.2, -0.15) is 0 Å². The number of hydrogen-bond donors (Lipinski definition) is 0. The normalized spacial score (nSPS) is 11.0. The zero-order valence-electron chi connectivity index (χ0n) is 16.3. The van der Waals surface area contributed by atoms with Gasteiger partial charge in [-0.3, -0.25) is 4.79 Å². The van der Waals surface area contributed by atoms with Crippen LogP contribution in [0, 0.1) is 5.82 Å². The lowest BCUT2D eigenvalue weighted by Crippen LogP contribution is -2.03.